The van der Waals surface area contributed by atoms with E-state index in [1.807, 2.05) is 0 Å². The van der Waals surface area contributed by atoms with Crippen molar-refractivity contribution in [1.82, 2.24) is 0 Å². The molecule has 0 spiro atoms. The third-order valence-electron chi connectivity index (χ3n) is 1.93. The lowest BCUT2D eigenvalue weighted by Crippen LogP contribution is -2.03. The van der Waals surface area contributed by atoms with Crippen molar-refractivity contribution in [3.63, 3.8) is 0 Å². The zero-order valence-corrected chi connectivity index (χ0v) is 8.68. The third kappa shape index (κ3) is 2.26. The Balaban J connectivity index is 3.49. The van der Waals surface area contributed by atoms with Gasteiger partial charge in [0, 0.05) is 18.6 Å². The first-order valence-corrected chi connectivity index (χ1v) is 4.57. The second-order valence-corrected chi connectivity index (χ2v) is 3.30. The van der Waals surface area contributed by atoms with Gasteiger partial charge in [-0.2, -0.15) is 0 Å². The number of hydrogen-bond acceptors (Lipinski definition) is 5. The molecule has 0 atom stereocenters. The van der Waals surface area contributed by atoms with Crippen LogP contribution in [0.4, 0.5) is 11.4 Å². The highest BCUT2D eigenvalue weighted by Gasteiger charge is 2.31. The summed E-state index contributed by atoms with van der Waals surface area (Å²) in [4.78, 5) is 19.6. The molecule has 7 nitrogen and oxygen atoms in total. The lowest BCUT2D eigenvalue weighted by atomic mass is 10.1. The molecular weight excluding hydrogens is 240 g/mol. The Morgan fingerprint density at radius 1 is 1.19 bits per heavy atom. The van der Waals surface area contributed by atoms with Crippen LogP contribution in [0, 0.1) is 20.2 Å². The SMILES string of the molecule is O=[N+]([O-])c1c(Cl)ccc(CCO)c1[N+](=O)[O-]. The van der Waals surface area contributed by atoms with Crippen molar-refractivity contribution in [1.29, 1.82) is 0 Å². The van der Waals surface area contributed by atoms with E-state index in [9.17, 15) is 20.2 Å². The van der Waals surface area contributed by atoms with Gasteiger partial charge in [0.25, 0.3) is 0 Å². The highest BCUT2D eigenvalue weighted by atomic mass is 35.5. The summed E-state index contributed by atoms with van der Waals surface area (Å²) < 4.78 is 0. The molecule has 1 aromatic rings. The molecule has 0 fully saturated rings. The molecule has 0 aliphatic carbocycles. The summed E-state index contributed by atoms with van der Waals surface area (Å²) in [5.74, 6) is 0. The number of nitro groups is 2. The Hall–Kier alpha value is -1.73. The Morgan fingerprint density at radius 2 is 1.75 bits per heavy atom. The smallest absolute Gasteiger partial charge is 0.364 e. The highest BCUT2D eigenvalue weighted by molar-refractivity contribution is 6.33. The molecule has 1 aromatic carbocycles. The van der Waals surface area contributed by atoms with Crippen LogP contribution in [0.2, 0.25) is 5.02 Å². The molecule has 16 heavy (non-hydrogen) atoms. The number of aliphatic hydroxyl groups excluding tert-OH is 1. The maximum atomic E-state index is 10.7. The van der Waals surface area contributed by atoms with Crippen molar-refractivity contribution in [3.05, 3.63) is 42.9 Å². The zero-order chi connectivity index (χ0) is 12.3. The summed E-state index contributed by atoms with van der Waals surface area (Å²) in [5, 5.41) is 29.8. The minimum Gasteiger partial charge on any atom is -0.396 e. The number of nitro benzene ring substituents is 2. The Kier molecular flexibility index (Phi) is 3.75. The van der Waals surface area contributed by atoms with Crippen molar-refractivity contribution in [2.75, 3.05) is 6.61 Å². The fourth-order valence-electron chi connectivity index (χ4n) is 1.30. The van der Waals surface area contributed by atoms with Crippen molar-refractivity contribution in [2.24, 2.45) is 0 Å². The van der Waals surface area contributed by atoms with Gasteiger partial charge in [-0.25, -0.2) is 0 Å². The van der Waals surface area contributed by atoms with E-state index in [0.29, 0.717) is 0 Å². The standard InChI is InChI=1S/C8H7ClN2O5/c9-6-2-1-5(3-4-12)7(10(13)14)8(6)11(15)16/h1-2,12H,3-4H2. The summed E-state index contributed by atoms with van der Waals surface area (Å²) in [7, 11) is 0. The van der Waals surface area contributed by atoms with Gasteiger partial charge in [0.05, 0.1) is 9.85 Å². The third-order valence-corrected chi connectivity index (χ3v) is 2.24. The first-order valence-electron chi connectivity index (χ1n) is 4.20. The maximum absolute atomic E-state index is 10.7. The molecule has 0 aliphatic rings. The number of hydrogen-bond donors (Lipinski definition) is 1. The van der Waals surface area contributed by atoms with E-state index in [2.05, 4.69) is 0 Å². The van der Waals surface area contributed by atoms with Crippen LogP contribution in [0.5, 0.6) is 0 Å². The van der Waals surface area contributed by atoms with Gasteiger partial charge in [0.1, 0.15) is 5.02 Å². The highest BCUT2D eigenvalue weighted by Crippen LogP contribution is 2.37. The van der Waals surface area contributed by atoms with Gasteiger partial charge in [-0.15, -0.1) is 0 Å². The second kappa shape index (κ2) is 4.86. The molecule has 0 bridgehead atoms. The predicted octanol–water partition coefficient (Wildman–Crippen LogP) is 1.69. The number of rotatable bonds is 4. The number of aliphatic hydroxyl groups is 1. The summed E-state index contributed by atoms with van der Waals surface area (Å²) in [6.45, 7) is -0.334. The van der Waals surface area contributed by atoms with Crippen LogP contribution in [0.15, 0.2) is 12.1 Å². The molecular formula is C8H7ClN2O5. The Labute approximate surface area is 94.6 Å². The lowest BCUT2D eigenvalue weighted by molar-refractivity contribution is -0.422. The first-order chi connectivity index (χ1) is 7.49. The van der Waals surface area contributed by atoms with Gasteiger partial charge < -0.3 is 5.11 Å². The molecule has 0 saturated heterocycles. The first kappa shape index (κ1) is 12.3. The average molecular weight is 247 g/mol. The average Bonchev–Trinajstić information content (AvgIpc) is 2.19. The minimum atomic E-state index is -0.901. The molecule has 0 heterocycles. The molecule has 0 aromatic heterocycles. The van der Waals surface area contributed by atoms with Gasteiger partial charge in [-0.1, -0.05) is 17.7 Å². The van der Waals surface area contributed by atoms with Crippen LogP contribution in [0.3, 0.4) is 0 Å². The van der Waals surface area contributed by atoms with E-state index < -0.39 is 21.2 Å². The lowest BCUT2D eigenvalue weighted by Gasteiger charge is -2.02. The van der Waals surface area contributed by atoms with Crippen LogP contribution in [0.25, 0.3) is 0 Å². The quantitative estimate of drug-likeness (QED) is 0.643. The van der Waals surface area contributed by atoms with E-state index in [0.717, 1.165) is 0 Å². The van der Waals surface area contributed by atoms with E-state index in [4.69, 9.17) is 16.7 Å². The van der Waals surface area contributed by atoms with Crippen LogP contribution in [-0.4, -0.2) is 21.6 Å². The van der Waals surface area contributed by atoms with Crippen LogP contribution < -0.4 is 0 Å². The molecule has 0 saturated carbocycles. The van der Waals surface area contributed by atoms with Crippen LogP contribution >= 0.6 is 11.6 Å². The van der Waals surface area contributed by atoms with Gasteiger partial charge in [0.2, 0.25) is 0 Å². The van der Waals surface area contributed by atoms with E-state index in [1.54, 1.807) is 0 Å². The second-order valence-electron chi connectivity index (χ2n) is 2.89. The van der Waals surface area contributed by atoms with Crippen LogP contribution in [0.1, 0.15) is 5.56 Å². The van der Waals surface area contributed by atoms with Gasteiger partial charge in [0.15, 0.2) is 0 Å². The summed E-state index contributed by atoms with van der Waals surface area (Å²) in [5.41, 5.74) is -1.31. The fraction of sp³-hybridized carbons (Fsp3) is 0.250. The molecule has 0 aliphatic heterocycles. The van der Waals surface area contributed by atoms with E-state index >= 15 is 0 Å². The van der Waals surface area contributed by atoms with Gasteiger partial charge in [-0.05, 0) is 6.07 Å². The molecule has 1 N–H and O–H groups in total. The molecule has 0 radical (unpaired) electrons. The van der Waals surface area contributed by atoms with Gasteiger partial charge >= 0.3 is 11.4 Å². The monoisotopic (exact) mass is 246 g/mol. The number of nitrogens with zero attached hydrogens (tertiary/aromatic N) is 2. The zero-order valence-electron chi connectivity index (χ0n) is 7.92. The Bertz CT molecular complexity index is 448. The van der Waals surface area contributed by atoms with E-state index in [1.165, 1.54) is 12.1 Å². The number of benzene rings is 1. The summed E-state index contributed by atoms with van der Waals surface area (Å²) in [6, 6.07) is 2.50. The molecule has 1 rings (SSSR count). The van der Waals surface area contributed by atoms with Gasteiger partial charge in [-0.3, -0.25) is 20.2 Å². The van der Waals surface area contributed by atoms with Crippen LogP contribution in [-0.2, 0) is 6.42 Å². The molecule has 86 valence electrons. The topological polar surface area (TPSA) is 107 Å². The number of halogens is 1. The van der Waals surface area contributed by atoms with E-state index in [-0.39, 0.29) is 23.6 Å². The Morgan fingerprint density at radius 3 is 2.19 bits per heavy atom. The molecule has 0 amide bonds. The molecule has 0 unspecified atom stereocenters. The minimum absolute atomic E-state index is 0.0334. The fourth-order valence-corrected chi connectivity index (χ4v) is 1.52. The van der Waals surface area contributed by atoms with Crippen molar-refractivity contribution >= 4 is 23.0 Å². The summed E-state index contributed by atoms with van der Waals surface area (Å²) >= 11 is 5.53. The predicted molar refractivity (Wildman–Crippen MR) is 55.6 cm³/mol. The van der Waals surface area contributed by atoms with Crippen molar-refractivity contribution in [3.8, 4) is 0 Å². The summed E-state index contributed by atoms with van der Waals surface area (Å²) in [6.07, 6.45) is -0.0334. The van der Waals surface area contributed by atoms with Crippen molar-refractivity contribution < 1.29 is 15.0 Å². The largest absolute Gasteiger partial charge is 0.396 e. The normalized spacial score (nSPS) is 10.1. The van der Waals surface area contributed by atoms with Crippen molar-refractivity contribution in [2.45, 2.75) is 6.42 Å². The molecule has 8 heteroatoms. The maximum Gasteiger partial charge on any atom is 0.364 e.